The van der Waals surface area contributed by atoms with Gasteiger partial charge in [0.1, 0.15) is 0 Å². The van der Waals surface area contributed by atoms with E-state index >= 15 is 0 Å². The highest BCUT2D eigenvalue weighted by atomic mass is 32.2. The maximum Gasteiger partial charge on any atom is 0.0958 e. The maximum atomic E-state index is 5.46. The van der Waals surface area contributed by atoms with Crippen LogP contribution in [-0.2, 0) is 4.74 Å². The topological polar surface area (TPSA) is 28.6 Å². The minimum atomic E-state index is 0.674. The minimum Gasteiger partial charge on any atom is -0.379 e. The zero-order valence-electron chi connectivity index (χ0n) is 12.1. The number of piperidine rings is 1. The number of nitrogens with zero attached hydrogens (tertiary/aromatic N) is 3. The molecule has 5 heteroatoms. The molecule has 0 radical (unpaired) electrons. The largest absolute Gasteiger partial charge is 0.379 e. The summed E-state index contributed by atoms with van der Waals surface area (Å²) in [6.07, 6.45) is 6.67. The van der Waals surface area contributed by atoms with E-state index in [1.807, 2.05) is 6.20 Å². The van der Waals surface area contributed by atoms with E-state index in [0.717, 1.165) is 44.4 Å². The lowest BCUT2D eigenvalue weighted by Crippen LogP contribution is -2.51. The second-order valence-electron chi connectivity index (χ2n) is 5.45. The quantitative estimate of drug-likeness (QED) is 0.796. The summed E-state index contributed by atoms with van der Waals surface area (Å²) < 4.78 is 5.46. The second kappa shape index (κ2) is 6.78. The summed E-state index contributed by atoms with van der Waals surface area (Å²) >= 11 is 1.70. The Morgan fingerprint density at radius 2 is 2.10 bits per heavy atom. The Kier molecular flexibility index (Phi) is 4.81. The van der Waals surface area contributed by atoms with E-state index in [9.17, 15) is 0 Å². The number of rotatable bonds is 3. The van der Waals surface area contributed by atoms with Gasteiger partial charge in [0, 0.05) is 32.2 Å². The number of hydrogen-bond acceptors (Lipinski definition) is 5. The molecule has 20 heavy (non-hydrogen) atoms. The van der Waals surface area contributed by atoms with Crippen LogP contribution in [-0.4, -0.2) is 61.6 Å². The molecule has 0 saturated carbocycles. The van der Waals surface area contributed by atoms with Gasteiger partial charge in [0.15, 0.2) is 0 Å². The Hall–Kier alpha value is -0.780. The molecule has 2 aliphatic rings. The lowest BCUT2D eigenvalue weighted by Gasteiger charge is -2.41. The number of hydrogen-bond donors (Lipinski definition) is 0. The number of morpholine rings is 1. The van der Waals surface area contributed by atoms with Crippen LogP contribution in [0.5, 0.6) is 0 Å². The Labute approximate surface area is 125 Å². The number of anilines is 1. The summed E-state index contributed by atoms with van der Waals surface area (Å²) in [6.45, 7) is 6.23. The fourth-order valence-corrected chi connectivity index (χ4v) is 3.47. The zero-order valence-corrected chi connectivity index (χ0v) is 12.9. The van der Waals surface area contributed by atoms with Gasteiger partial charge in [-0.05, 0) is 31.2 Å². The molecule has 0 aromatic carbocycles. The maximum absolute atomic E-state index is 5.46. The van der Waals surface area contributed by atoms with Gasteiger partial charge in [-0.25, -0.2) is 4.98 Å². The van der Waals surface area contributed by atoms with E-state index in [0.29, 0.717) is 6.04 Å². The molecule has 0 aliphatic carbocycles. The molecule has 4 nitrogen and oxygen atoms in total. The van der Waals surface area contributed by atoms with Gasteiger partial charge < -0.3 is 9.64 Å². The van der Waals surface area contributed by atoms with Crippen LogP contribution in [0, 0.1) is 0 Å². The Balaban J connectivity index is 1.64. The molecular formula is C15H23N3OS. The number of thioether (sulfide) groups is 1. The molecule has 0 bridgehead atoms. The lowest BCUT2D eigenvalue weighted by atomic mass is 10.0. The fraction of sp³-hybridized carbons (Fsp3) is 0.667. The van der Waals surface area contributed by atoms with Crippen molar-refractivity contribution in [1.29, 1.82) is 0 Å². The van der Waals surface area contributed by atoms with Gasteiger partial charge in [-0.1, -0.05) is 0 Å². The van der Waals surface area contributed by atoms with Gasteiger partial charge in [0.25, 0.3) is 0 Å². The average molecular weight is 293 g/mol. The monoisotopic (exact) mass is 293 g/mol. The molecule has 2 aliphatic heterocycles. The molecule has 110 valence electrons. The Bertz CT molecular complexity index is 420. The molecule has 3 rings (SSSR count). The van der Waals surface area contributed by atoms with Gasteiger partial charge in [-0.15, -0.1) is 11.8 Å². The third-order valence-corrected chi connectivity index (χ3v) is 4.91. The van der Waals surface area contributed by atoms with Crippen molar-refractivity contribution in [1.82, 2.24) is 9.88 Å². The molecular weight excluding hydrogens is 270 g/mol. The van der Waals surface area contributed by atoms with Crippen molar-refractivity contribution in [2.45, 2.75) is 23.9 Å². The van der Waals surface area contributed by atoms with Crippen LogP contribution in [0.25, 0.3) is 0 Å². The molecule has 1 aromatic heterocycles. The Morgan fingerprint density at radius 3 is 2.80 bits per heavy atom. The zero-order chi connectivity index (χ0) is 13.8. The van der Waals surface area contributed by atoms with Crippen molar-refractivity contribution in [3.8, 4) is 0 Å². The van der Waals surface area contributed by atoms with Crippen LogP contribution < -0.4 is 4.90 Å². The van der Waals surface area contributed by atoms with Gasteiger partial charge in [0.2, 0.25) is 0 Å². The molecule has 3 heterocycles. The predicted molar refractivity (Wildman–Crippen MR) is 83.6 cm³/mol. The summed E-state index contributed by atoms with van der Waals surface area (Å²) in [5, 5.41) is 1.09. The van der Waals surface area contributed by atoms with Crippen molar-refractivity contribution in [3.05, 3.63) is 18.3 Å². The van der Waals surface area contributed by atoms with Crippen LogP contribution in [0.3, 0.4) is 0 Å². The first-order chi connectivity index (χ1) is 9.86. The van der Waals surface area contributed by atoms with E-state index in [4.69, 9.17) is 4.74 Å². The molecule has 2 saturated heterocycles. The summed E-state index contributed by atoms with van der Waals surface area (Å²) in [5.41, 5.74) is 1.26. The standard InChI is InChI=1S/C15H23N3OS/c1-20-15-5-4-13(11-16-15)18-6-2-3-14(12-18)17-7-9-19-10-8-17/h4-5,11,14H,2-3,6-10,12H2,1H3/t14-/m1/s1. The number of ether oxygens (including phenoxy) is 1. The smallest absolute Gasteiger partial charge is 0.0958 e. The van der Waals surface area contributed by atoms with Crippen molar-refractivity contribution < 1.29 is 4.74 Å². The summed E-state index contributed by atoms with van der Waals surface area (Å²) in [6, 6.07) is 5.01. The van der Waals surface area contributed by atoms with Gasteiger partial charge >= 0.3 is 0 Å². The van der Waals surface area contributed by atoms with Crippen LogP contribution >= 0.6 is 11.8 Å². The minimum absolute atomic E-state index is 0.674. The van der Waals surface area contributed by atoms with Crippen molar-refractivity contribution in [3.63, 3.8) is 0 Å². The molecule has 0 spiro atoms. The van der Waals surface area contributed by atoms with Crippen LogP contribution in [0.15, 0.2) is 23.4 Å². The average Bonchev–Trinajstić information content (AvgIpc) is 2.56. The highest BCUT2D eigenvalue weighted by Crippen LogP contribution is 2.24. The van der Waals surface area contributed by atoms with E-state index in [-0.39, 0.29) is 0 Å². The third-order valence-electron chi connectivity index (χ3n) is 4.25. The van der Waals surface area contributed by atoms with E-state index in [1.54, 1.807) is 11.8 Å². The van der Waals surface area contributed by atoms with Crippen LogP contribution in [0.4, 0.5) is 5.69 Å². The molecule has 0 N–H and O–H groups in total. The lowest BCUT2D eigenvalue weighted by molar-refractivity contribution is 0.0137. The number of aromatic nitrogens is 1. The van der Waals surface area contributed by atoms with Crippen molar-refractivity contribution in [2.75, 3.05) is 50.5 Å². The Morgan fingerprint density at radius 1 is 1.25 bits per heavy atom. The van der Waals surface area contributed by atoms with E-state index in [2.05, 4.69) is 33.2 Å². The number of pyridine rings is 1. The van der Waals surface area contributed by atoms with Crippen molar-refractivity contribution in [2.24, 2.45) is 0 Å². The third kappa shape index (κ3) is 3.27. The highest BCUT2D eigenvalue weighted by Gasteiger charge is 2.26. The van der Waals surface area contributed by atoms with Gasteiger partial charge in [-0.2, -0.15) is 0 Å². The first-order valence-electron chi connectivity index (χ1n) is 7.43. The van der Waals surface area contributed by atoms with E-state index in [1.165, 1.54) is 18.5 Å². The predicted octanol–water partition coefficient (Wildman–Crippen LogP) is 2.10. The molecule has 0 amide bonds. The molecule has 1 atom stereocenters. The van der Waals surface area contributed by atoms with E-state index < -0.39 is 0 Å². The summed E-state index contributed by atoms with van der Waals surface area (Å²) in [7, 11) is 0. The van der Waals surface area contributed by atoms with Crippen LogP contribution in [0.2, 0.25) is 0 Å². The molecule has 2 fully saturated rings. The first-order valence-corrected chi connectivity index (χ1v) is 8.66. The fourth-order valence-electron chi connectivity index (χ4n) is 3.11. The first kappa shape index (κ1) is 14.2. The summed E-state index contributed by atoms with van der Waals surface area (Å²) in [5.74, 6) is 0. The van der Waals surface area contributed by atoms with Crippen LogP contribution in [0.1, 0.15) is 12.8 Å². The van der Waals surface area contributed by atoms with Gasteiger partial charge in [-0.3, -0.25) is 4.90 Å². The summed E-state index contributed by atoms with van der Waals surface area (Å²) in [4.78, 5) is 9.58. The van der Waals surface area contributed by atoms with Gasteiger partial charge in [0.05, 0.1) is 30.1 Å². The molecule has 0 unspecified atom stereocenters. The second-order valence-corrected chi connectivity index (χ2v) is 6.28. The molecule has 1 aromatic rings. The highest BCUT2D eigenvalue weighted by molar-refractivity contribution is 7.98. The normalized spacial score (nSPS) is 24.9. The SMILES string of the molecule is CSc1ccc(N2CCC[C@@H](N3CCOCC3)C2)cn1. The van der Waals surface area contributed by atoms with Crippen molar-refractivity contribution >= 4 is 17.4 Å².